The Bertz CT molecular complexity index is 906. The molecule has 1 aromatic heterocycles. The van der Waals surface area contributed by atoms with E-state index in [1.165, 1.54) is 22.9 Å². The van der Waals surface area contributed by atoms with Gasteiger partial charge >= 0.3 is 0 Å². The van der Waals surface area contributed by atoms with Crippen LogP contribution in [0.1, 0.15) is 37.3 Å². The highest BCUT2D eigenvalue weighted by molar-refractivity contribution is 7.99. The van der Waals surface area contributed by atoms with Gasteiger partial charge in [-0.25, -0.2) is 4.98 Å². The summed E-state index contributed by atoms with van der Waals surface area (Å²) in [5.74, 6) is 0.870. The van der Waals surface area contributed by atoms with Crippen molar-refractivity contribution in [2.75, 3.05) is 11.1 Å². The van der Waals surface area contributed by atoms with E-state index < -0.39 is 0 Å². The van der Waals surface area contributed by atoms with Gasteiger partial charge in [0.2, 0.25) is 5.91 Å². The zero-order chi connectivity index (χ0) is 18.5. The highest BCUT2D eigenvalue weighted by atomic mass is 32.2. The topological polar surface area (TPSA) is 42.0 Å². The quantitative estimate of drug-likeness (QED) is 0.563. The van der Waals surface area contributed by atoms with Crippen LogP contribution in [0.2, 0.25) is 0 Å². The number of aromatic nitrogens is 1. The Morgan fingerprint density at radius 1 is 1.15 bits per heavy atom. The number of benzene rings is 2. The highest BCUT2D eigenvalue weighted by Crippen LogP contribution is 2.24. The van der Waals surface area contributed by atoms with Gasteiger partial charge in [0, 0.05) is 11.1 Å². The zero-order valence-corrected chi connectivity index (χ0v) is 16.3. The third-order valence-electron chi connectivity index (χ3n) is 4.63. The second kappa shape index (κ2) is 8.37. The van der Waals surface area contributed by atoms with Gasteiger partial charge < -0.3 is 5.32 Å². The molecule has 1 amide bonds. The van der Waals surface area contributed by atoms with Gasteiger partial charge in [-0.2, -0.15) is 0 Å². The lowest BCUT2D eigenvalue weighted by atomic mass is 9.99. The minimum Gasteiger partial charge on any atom is -0.325 e. The predicted octanol–water partition coefficient (Wildman–Crippen LogP) is 5.79. The number of hydrogen-bond donors (Lipinski definition) is 1. The first-order valence-corrected chi connectivity index (χ1v) is 9.94. The molecule has 0 saturated heterocycles. The Kier molecular flexibility index (Phi) is 5.94. The molecule has 3 rings (SSSR count). The number of pyridine rings is 1. The molecular weight excluding hydrogens is 340 g/mol. The van der Waals surface area contributed by atoms with E-state index in [1.807, 2.05) is 36.4 Å². The molecule has 3 nitrogen and oxygen atoms in total. The largest absolute Gasteiger partial charge is 0.325 e. The van der Waals surface area contributed by atoms with Gasteiger partial charge in [-0.1, -0.05) is 55.9 Å². The first-order chi connectivity index (χ1) is 12.6. The molecule has 0 aliphatic carbocycles. The predicted molar refractivity (Wildman–Crippen MR) is 111 cm³/mol. The number of fused-ring (bicyclic) bond motifs is 1. The van der Waals surface area contributed by atoms with Crippen molar-refractivity contribution >= 4 is 34.3 Å². The number of nitrogens with zero attached hydrogens (tertiary/aromatic N) is 1. The van der Waals surface area contributed by atoms with Gasteiger partial charge in [0.25, 0.3) is 0 Å². The fraction of sp³-hybridized carbons (Fsp3) is 0.273. The Hall–Kier alpha value is -2.33. The molecule has 2 aromatic carbocycles. The summed E-state index contributed by atoms with van der Waals surface area (Å²) in [6.45, 7) is 6.47. The van der Waals surface area contributed by atoms with E-state index in [0.29, 0.717) is 11.7 Å². The Morgan fingerprint density at radius 3 is 2.62 bits per heavy atom. The van der Waals surface area contributed by atoms with Gasteiger partial charge in [0.1, 0.15) is 0 Å². The molecule has 1 heterocycles. The standard InChI is InChI=1S/C22H24N2OS/c1-4-15(2)17-9-11-18(12-10-17)23-21(25)14-26-22-13-16(3)19-7-5-6-8-20(19)24-22/h5-13,15H,4,14H2,1-3H3,(H,23,25)/t15-/m0/s1. The summed E-state index contributed by atoms with van der Waals surface area (Å²) in [4.78, 5) is 16.9. The fourth-order valence-corrected chi connectivity index (χ4v) is 3.63. The van der Waals surface area contributed by atoms with Crippen LogP contribution in [-0.2, 0) is 4.79 Å². The number of nitrogens with one attached hydrogen (secondary N) is 1. The Balaban J connectivity index is 1.60. The zero-order valence-electron chi connectivity index (χ0n) is 15.5. The molecule has 0 saturated carbocycles. The number of carbonyl (C=O) groups is 1. The van der Waals surface area contributed by atoms with Crippen LogP contribution in [0.15, 0.2) is 59.6 Å². The molecule has 134 valence electrons. The van der Waals surface area contributed by atoms with Crippen molar-refractivity contribution in [1.82, 2.24) is 4.98 Å². The maximum Gasteiger partial charge on any atom is 0.234 e. The van der Waals surface area contributed by atoms with Gasteiger partial charge in [-0.3, -0.25) is 4.79 Å². The first-order valence-electron chi connectivity index (χ1n) is 8.96. The number of amides is 1. The van der Waals surface area contributed by atoms with Crippen molar-refractivity contribution in [3.63, 3.8) is 0 Å². The summed E-state index contributed by atoms with van der Waals surface area (Å²) in [7, 11) is 0. The number of carbonyl (C=O) groups excluding carboxylic acids is 1. The minimum atomic E-state index is -0.0149. The highest BCUT2D eigenvalue weighted by Gasteiger charge is 2.08. The lowest BCUT2D eigenvalue weighted by molar-refractivity contribution is -0.113. The molecule has 4 heteroatoms. The molecule has 26 heavy (non-hydrogen) atoms. The number of aryl methyl sites for hydroxylation is 1. The van der Waals surface area contributed by atoms with Gasteiger partial charge in [-0.15, -0.1) is 0 Å². The first kappa shape index (κ1) is 18.5. The van der Waals surface area contributed by atoms with Gasteiger partial charge in [0.15, 0.2) is 0 Å². The van der Waals surface area contributed by atoms with E-state index in [9.17, 15) is 4.79 Å². The van der Waals surface area contributed by atoms with E-state index in [2.05, 4.69) is 49.3 Å². The molecule has 0 spiro atoms. The minimum absolute atomic E-state index is 0.0149. The van der Waals surface area contributed by atoms with Crippen LogP contribution >= 0.6 is 11.8 Å². The average Bonchev–Trinajstić information content (AvgIpc) is 2.66. The number of para-hydroxylation sites is 1. The smallest absolute Gasteiger partial charge is 0.234 e. The molecule has 0 aliphatic heterocycles. The molecule has 0 bridgehead atoms. The molecule has 0 aliphatic rings. The van der Waals surface area contributed by atoms with Crippen molar-refractivity contribution in [2.45, 2.75) is 38.1 Å². The van der Waals surface area contributed by atoms with Crippen molar-refractivity contribution in [1.29, 1.82) is 0 Å². The summed E-state index contributed by atoms with van der Waals surface area (Å²) in [5, 5.41) is 4.99. The lowest BCUT2D eigenvalue weighted by Gasteiger charge is -2.10. The average molecular weight is 365 g/mol. The third-order valence-corrected chi connectivity index (χ3v) is 5.54. The number of hydrogen-bond acceptors (Lipinski definition) is 3. The number of rotatable bonds is 6. The maximum absolute atomic E-state index is 12.2. The molecule has 1 N–H and O–H groups in total. The number of thioether (sulfide) groups is 1. The van der Waals surface area contributed by atoms with Crippen molar-refractivity contribution in [3.8, 4) is 0 Å². The molecule has 0 fully saturated rings. The maximum atomic E-state index is 12.2. The second-order valence-electron chi connectivity index (χ2n) is 6.56. The SMILES string of the molecule is CC[C@H](C)c1ccc(NC(=O)CSc2cc(C)c3ccccc3n2)cc1. The van der Waals surface area contributed by atoms with E-state index in [1.54, 1.807) is 0 Å². The normalized spacial score (nSPS) is 12.1. The summed E-state index contributed by atoms with van der Waals surface area (Å²) in [5.41, 5.74) is 4.29. The van der Waals surface area contributed by atoms with Crippen LogP contribution in [0.5, 0.6) is 0 Å². The summed E-state index contributed by atoms with van der Waals surface area (Å²) in [6, 6.07) is 18.2. The molecular formula is C22H24N2OS. The van der Waals surface area contributed by atoms with E-state index in [-0.39, 0.29) is 5.91 Å². The number of anilines is 1. The van der Waals surface area contributed by atoms with E-state index in [0.717, 1.165) is 28.0 Å². The molecule has 0 radical (unpaired) electrons. The van der Waals surface area contributed by atoms with Gasteiger partial charge in [0.05, 0.1) is 16.3 Å². The van der Waals surface area contributed by atoms with Crippen molar-refractivity contribution < 1.29 is 4.79 Å². The van der Waals surface area contributed by atoms with E-state index >= 15 is 0 Å². The van der Waals surface area contributed by atoms with Crippen molar-refractivity contribution in [3.05, 3.63) is 65.7 Å². The van der Waals surface area contributed by atoms with E-state index in [4.69, 9.17) is 0 Å². The lowest BCUT2D eigenvalue weighted by Crippen LogP contribution is -2.14. The van der Waals surface area contributed by atoms with Crippen LogP contribution in [0.4, 0.5) is 5.69 Å². The monoisotopic (exact) mass is 364 g/mol. The van der Waals surface area contributed by atoms with Gasteiger partial charge in [-0.05, 0) is 54.7 Å². The summed E-state index contributed by atoms with van der Waals surface area (Å²) in [6.07, 6.45) is 1.11. The summed E-state index contributed by atoms with van der Waals surface area (Å²) >= 11 is 1.47. The van der Waals surface area contributed by atoms with Crippen LogP contribution in [0.25, 0.3) is 10.9 Å². The van der Waals surface area contributed by atoms with Crippen LogP contribution in [0, 0.1) is 6.92 Å². The molecule has 3 aromatic rings. The van der Waals surface area contributed by atoms with Crippen LogP contribution in [0.3, 0.4) is 0 Å². The molecule has 1 atom stereocenters. The second-order valence-corrected chi connectivity index (χ2v) is 7.56. The Labute approximate surface area is 159 Å². The van der Waals surface area contributed by atoms with Crippen LogP contribution < -0.4 is 5.32 Å². The fourth-order valence-electron chi connectivity index (χ4n) is 2.86. The van der Waals surface area contributed by atoms with Crippen LogP contribution in [-0.4, -0.2) is 16.6 Å². The van der Waals surface area contributed by atoms with Crippen molar-refractivity contribution in [2.24, 2.45) is 0 Å². The summed E-state index contributed by atoms with van der Waals surface area (Å²) < 4.78 is 0. The molecule has 0 unspecified atom stereocenters. The third kappa shape index (κ3) is 4.44. The Morgan fingerprint density at radius 2 is 1.88 bits per heavy atom.